The van der Waals surface area contributed by atoms with E-state index in [0.717, 1.165) is 11.2 Å². The fourth-order valence-corrected chi connectivity index (χ4v) is 9.51. The largest absolute Gasteiger partial charge is 0.158 e. The number of unbranched alkanes of at least 4 members (excludes halogenated alkanes) is 1. The quantitative estimate of drug-likeness (QED) is 0.505. The molecule has 0 heterocycles. The summed E-state index contributed by atoms with van der Waals surface area (Å²) >= 11 is 2.37. The van der Waals surface area contributed by atoms with E-state index in [1.54, 1.807) is 38.5 Å². The predicted molar refractivity (Wildman–Crippen MR) is 86.8 cm³/mol. The molecule has 5 aliphatic rings. The Morgan fingerprint density at radius 3 is 2.45 bits per heavy atom. The summed E-state index contributed by atoms with van der Waals surface area (Å²) in [6.45, 7) is 2.34. The van der Waals surface area contributed by atoms with Crippen molar-refractivity contribution in [1.29, 1.82) is 0 Å². The van der Waals surface area contributed by atoms with Gasteiger partial charge in [0.25, 0.3) is 0 Å². The summed E-state index contributed by atoms with van der Waals surface area (Å²) in [6, 6.07) is 0. The lowest BCUT2D eigenvalue weighted by atomic mass is 9.64. The summed E-state index contributed by atoms with van der Waals surface area (Å²) < 4.78 is 0. The molecule has 5 saturated carbocycles. The van der Waals surface area contributed by atoms with Gasteiger partial charge in [-0.15, -0.1) is 0 Å². The first-order valence-electron chi connectivity index (χ1n) is 9.50. The maximum absolute atomic E-state index is 2.37. The van der Waals surface area contributed by atoms with E-state index in [1.165, 1.54) is 60.0 Å². The molecular weight excluding hydrogens is 260 g/mol. The first-order valence-corrected chi connectivity index (χ1v) is 10.5. The molecule has 4 bridgehead atoms. The van der Waals surface area contributed by atoms with Crippen molar-refractivity contribution in [3.63, 3.8) is 0 Å². The fraction of sp³-hybridized carbons (Fsp3) is 1.00. The zero-order valence-electron chi connectivity index (χ0n) is 13.0. The van der Waals surface area contributed by atoms with Crippen molar-refractivity contribution in [3.8, 4) is 0 Å². The zero-order valence-corrected chi connectivity index (χ0v) is 13.8. The molecule has 1 heteroatoms. The molecule has 5 rings (SSSR count). The van der Waals surface area contributed by atoms with Gasteiger partial charge in [-0.05, 0) is 91.6 Å². The maximum Gasteiger partial charge on any atom is 0.00810 e. The monoisotopic (exact) mass is 290 g/mol. The van der Waals surface area contributed by atoms with E-state index in [9.17, 15) is 0 Å². The molecule has 9 unspecified atom stereocenters. The number of fused-ring (bicyclic) bond motifs is 12. The molecule has 0 spiro atoms. The second kappa shape index (κ2) is 4.67. The second-order valence-corrected chi connectivity index (χ2v) is 9.98. The van der Waals surface area contributed by atoms with Gasteiger partial charge in [0, 0.05) is 5.25 Å². The average Bonchev–Trinajstić information content (AvgIpc) is 3.20. The lowest BCUT2D eigenvalue weighted by Crippen LogP contribution is -2.39. The zero-order chi connectivity index (χ0) is 13.3. The summed E-state index contributed by atoms with van der Waals surface area (Å²) in [5.41, 5.74) is 0. The first kappa shape index (κ1) is 12.9. The third kappa shape index (κ3) is 1.57. The Morgan fingerprint density at radius 2 is 1.65 bits per heavy atom. The normalized spacial score (nSPS) is 58.4. The Morgan fingerprint density at radius 1 is 0.850 bits per heavy atom. The molecule has 5 aliphatic carbocycles. The van der Waals surface area contributed by atoms with E-state index in [4.69, 9.17) is 0 Å². The van der Waals surface area contributed by atoms with Crippen molar-refractivity contribution in [2.24, 2.45) is 47.3 Å². The van der Waals surface area contributed by atoms with Gasteiger partial charge in [0.1, 0.15) is 0 Å². The van der Waals surface area contributed by atoms with E-state index in [2.05, 4.69) is 18.7 Å². The van der Waals surface area contributed by atoms with Crippen LogP contribution >= 0.6 is 11.8 Å². The first-order chi connectivity index (χ1) is 9.88. The maximum atomic E-state index is 2.37. The lowest BCUT2D eigenvalue weighted by Gasteiger charge is -2.43. The summed E-state index contributed by atoms with van der Waals surface area (Å²) in [7, 11) is 0. The molecule has 0 N–H and O–H groups in total. The van der Waals surface area contributed by atoms with Crippen LogP contribution in [-0.4, -0.2) is 11.0 Å². The molecule has 9 atom stereocenters. The van der Waals surface area contributed by atoms with Gasteiger partial charge >= 0.3 is 0 Å². The number of hydrogen-bond acceptors (Lipinski definition) is 1. The van der Waals surface area contributed by atoms with Crippen molar-refractivity contribution < 1.29 is 0 Å². The highest BCUT2D eigenvalue weighted by Gasteiger charge is 2.67. The molecule has 0 nitrogen and oxygen atoms in total. The second-order valence-electron chi connectivity index (χ2n) is 8.63. The Bertz CT molecular complexity index is 391. The van der Waals surface area contributed by atoms with Crippen LogP contribution in [0.15, 0.2) is 0 Å². The highest BCUT2D eigenvalue weighted by atomic mass is 32.2. The number of hydrogen-bond donors (Lipinski definition) is 0. The standard InChI is InChI=1S/C19H30S/c1-2-3-7-20-17-9-11-8-16(17)19-15-10-14(18(11)19)12-5-4-6-13(12)15/h11-19H,2-10H2,1H3. The van der Waals surface area contributed by atoms with E-state index < -0.39 is 0 Å². The Balaban J connectivity index is 1.34. The molecule has 112 valence electrons. The van der Waals surface area contributed by atoms with Crippen molar-refractivity contribution in [1.82, 2.24) is 0 Å². The van der Waals surface area contributed by atoms with Gasteiger partial charge in [0.05, 0.1) is 0 Å². The molecular formula is C19H30S. The summed E-state index contributed by atoms with van der Waals surface area (Å²) in [4.78, 5) is 0. The van der Waals surface area contributed by atoms with Crippen LogP contribution in [-0.2, 0) is 0 Å². The van der Waals surface area contributed by atoms with Gasteiger partial charge in [0.15, 0.2) is 0 Å². The molecule has 5 fully saturated rings. The van der Waals surface area contributed by atoms with Crippen molar-refractivity contribution >= 4 is 11.8 Å². The van der Waals surface area contributed by atoms with Crippen LogP contribution in [0.25, 0.3) is 0 Å². The SMILES string of the molecule is CCCCSC1CC2CC1C1C3CC(C4CCCC43)C21. The number of thioether (sulfide) groups is 1. The minimum absolute atomic E-state index is 1.08. The van der Waals surface area contributed by atoms with Gasteiger partial charge in [-0.1, -0.05) is 19.8 Å². The van der Waals surface area contributed by atoms with Crippen molar-refractivity contribution in [2.75, 3.05) is 5.75 Å². The molecule has 0 amide bonds. The summed E-state index contributed by atoms with van der Waals surface area (Å²) in [5.74, 6) is 11.0. The minimum atomic E-state index is 1.08. The van der Waals surface area contributed by atoms with Crippen LogP contribution in [0.5, 0.6) is 0 Å². The molecule has 0 aliphatic heterocycles. The Kier molecular flexibility index (Phi) is 3.00. The molecule has 0 aromatic rings. The summed E-state index contributed by atoms with van der Waals surface area (Å²) in [6.07, 6.45) is 12.6. The third-order valence-corrected chi connectivity index (χ3v) is 9.65. The number of rotatable bonds is 4. The van der Waals surface area contributed by atoms with Gasteiger partial charge < -0.3 is 0 Å². The van der Waals surface area contributed by atoms with Crippen molar-refractivity contribution in [2.45, 2.75) is 63.5 Å². The van der Waals surface area contributed by atoms with Crippen LogP contribution in [0.4, 0.5) is 0 Å². The average molecular weight is 291 g/mol. The molecule has 0 saturated heterocycles. The van der Waals surface area contributed by atoms with Crippen LogP contribution in [0, 0.1) is 47.3 Å². The fourth-order valence-electron chi connectivity index (χ4n) is 7.83. The molecule has 0 radical (unpaired) electrons. The van der Waals surface area contributed by atoms with E-state index in [-0.39, 0.29) is 0 Å². The highest BCUT2D eigenvalue weighted by Crippen LogP contribution is 2.73. The molecule has 0 aromatic heterocycles. The van der Waals surface area contributed by atoms with Gasteiger partial charge in [0.2, 0.25) is 0 Å². The highest BCUT2D eigenvalue weighted by molar-refractivity contribution is 7.99. The van der Waals surface area contributed by atoms with Crippen LogP contribution in [0.2, 0.25) is 0 Å². The van der Waals surface area contributed by atoms with Crippen LogP contribution in [0.1, 0.15) is 58.3 Å². The van der Waals surface area contributed by atoms with E-state index in [0.29, 0.717) is 0 Å². The van der Waals surface area contributed by atoms with Crippen molar-refractivity contribution in [3.05, 3.63) is 0 Å². The smallest absolute Gasteiger partial charge is 0.00810 e. The van der Waals surface area contributed by atoms with E-state index in [1.807, 2.05) is 0 Å². The van der Waals surface area contributed by atoms with Gasteiger partial charge in [-0.25, -0.2) is 0 Å². The summed E-state index contributed by atoms with van der Waals surface area (Å²) in [5, 5.41) is 1.08. The molecule has 20 heavy (non-hydrogen) atoms. The van der Waals surface area contributed by atoms with Crippen LogP contribution in [0.3, 0.4) is 0 Å². The lowest BCUT2D eigenvalue weighted by molar-refractivity contribution is 0.0741. The third-order valence-electron chi connectivity index (χ3n) is 8.16. The van der Waals surface area contributed by atoms with Gasteiger partial charge in [-0.3, -0.25) is 0 Å². The van der Waals surface area contributed by atoms with Gasteiger partial charge in [-0.2, -0.15) is 11.8 Å². The Hall–Kier alpha value is 0.350. The van der Waals surface area contributed by atoms with Crippen LogP contribution < -0.4 is 0 Å². The Labute approximate surface area is 128 Å². The predicted octanol–water partition coefficient (Wildman–Crippen LogP) is 5.23. The minimum Gasteiger partial charge on any atom is -0.158 e. The molecule has 0 aromatic carbocycles. The topological polar surface area (TPSA) is 0 Å². The van der Waals surface area contributed by atoms with E-state index >= 15 is 0 Å².